The van der Waals surface area contributed by atoms with Crippen LogP contribution < -0.4 is 5.32 Å². The standard InChI is InChI=1S/C18H33N3/c1-6-11-19-17(13-16-12-14(2)20-21(16)5)15-7-9-18(3,4)10-8-15/h12,15,17,19H,6-11,13H2,1-5H3. The van der Waals surface area contributed by atoms with E-state index in [9.17, 15) is 0 Å². The summed E-state index contributed by atoms with van der Waals surface area (Å²) in [6.07, 6.45) is 7.79. The predicted molar refractivity (Wildman–Crippen MR) is 89.5 cm³/mol. The topological polar surface area (TPSA) is 29.9 Å². The molecule has 0 amide bonds. The molecule has 1 heterocycles. The highest BCUT2D eigenvalue weighted by atomic mass is 15.3. The molecule has 3 nitrogen and oxygen atoms in total. The van der Waals surface area contributed by atoms with Crippen LogP contribution in [-0.2, 0) is 13.5 Å². The summed E-state index contributed by atoms with van der Waals surface area (Å²) in [5.74, 6) is 0.819. The van der Waals surface area contributed by atoms with Crippen molar-refractivity contribution < 1.29 is 0 Å². The van der Waals surface area contributed by atoms with Gasteiger partial charge in [-0.3, -0.25) is 4.68 Å². The van der Waals surface area contributed by atoms with E-state index < -0.39 is 0 Å². The second-order valence-electron chi connectivity index (χ2n) is 7.67. The van der Waals surface area contributed by atoms with E-state index in [1.54, 1.807) is 0 Å². The maximum atomic E-state index is 4.50. The Labute approximate surface area is 130 Å². The zero-order chi connectivity index (χ0) is 15.5. The molecule has 1 aromatic heterocycles. The van der Waals surface area contributed by atoms with Crippen molar-refractivity contribution in [3.05, 3.63) is 17.5 Å². The van der Waals surface area contributed by atoms with E-state index in [1.165, 1.54) is 37.8 Å². The molecule has 0 radical (unpaired) electrons. The minimum absolute atomic E-state index is 0.551. The highest BCUT2D eigenvalue weighted by Crippen LogP contribution is 2.39. The average Bonchev–Trinajstić information content (AvgIpc) is 2.73. The van der Waals surface area contributed by atoms with Gasteiger partial charge in [-0.2, -0.15) is 5.10 Å². The van der Waals surface area contributed by atoms with Gasteiger partial charge in [0.2, 0.25) is 0 Å². The normalized spacial score (nSPS) is 20.6. The molecule has 1 aromatic rings. The van der Waals surface area contributed by atoms with Crippen molar-refractivity contribution in [3.8, 4) is 0 Å². The van der Waals surface area contributed by atoms with Crippen molar-refractivity contribution in [2.45, 2.75) is 72.3 Å². The SMILES string of the molecule is CCCNC(Cc1cc(C)nn1C)C1CCC(C)(C)CC1. The average molecular weight is 291 g/mol. The fourth-order valence-electron chi connectivity index (χ4n) is 3.64. The molecule has 120 valence electrons. The summed E-state index contributed by atoms with van der Waals surface area (Å²) in [5.41, 5.74) is 3.05. The van der Waals surface area contributed by atoms with Gasteiger partial charge < -0.3 is 5.32 Å². The van der Waals surface area contributed by atoms with Gasteiger partial charge in [-0.05, 0) is 63.0 Å². The molecule has 0 aliphatic heterocycles. The minimum Gasteiger partial charge on any atom is -0.313 e. The Bertz CT molecular complexity index is 437. The predicted octanol–water partition coefficient (Wildman–Crippen LogP) is 3.86. The second-order valence-corrected chi connectivity index (χ2v) is 7.67. The van der Waals surface area contributed by atoms with Gasteiger partial charge in [0.1, 0.15) is 0 Å². The molecule has 1 aliphatic carbocycles. The Morgan fingerprint density at radius 3 is 2.57 bits per heavy atom. The lowest BCUT2D eigenvalue weighted by Gasteiger charge is -2.38. The Hall–Kier alpha value is -0.830. The van der Waals surface area contributed by atoms with Crippen molar-refractivity contribution in [1.29, 1.82) is 0 Å². The van der Waals surface area contributed by atoms with Gasteiger partial charge in [-0.1, -0.05) is 20.8 Å². The van der Waals surface area contributed by atoms with E-state index >= 15 is 0 Å². The van der Waals surface area contributed by atoms with Gasteiger partial charge in [0.15, 0.2) is 0 Å². The monoisotopic (exact) mass is 291 g/mol. The first-order valence-corrected chi connectivity index (χ1v) is 8.64. The Morgan fingerprint density at radius 2 is 2.05 bits per heavy atom. The molecule has 1 N–H and O–H groups in total. The third kappa shape index (κ3) is 4.57. The molecule has 0 spiro atoms. The van der Waals surface area contributed by atoms with Gasteiger partial charge in [-0.15, -0.1) is 0 Å². The molecule has 0 saturated heterocycles. The van der Waals surface area contributed by atoms with Crippen molar-refractivity contribution in [3.63, 3.8) is 0 Å². The lowest BCUT2D eigenvalue weighted by Crippen LogP contribution is -2.41. The number of hydrogen-bond donors (Lipinski definition) is 1. The largest absolute Gasteiger partial charge is 0.313 e. The Balaban J connectivity index is 2.02. The van der Waals surface area contributed by atoms with E-state index in [-0.39, 0.29) is 0 Å². The number of aromatic nitrogens is 2. The Kier molecular flexibility index (Phi) is 5.48. The molecule has 1 saturated carbocycles. The minimum atomic E-state index is 0.551. The smallest absolute Gasteiger partial charge is 0.0596 e. The zero-order valence-electron chi connectivity index (χ0n) is 14.6. The number of hydrogen-bond acceptors (Lipinski definition) is 2. The summed E-state index contributed by atoms with van der Waals surface area (Å²) in [5, 5.41) is 8.31. The highest BCUT2D eigenvalue weighted by molar-refractivity contribution is 5.10. The zero-order valence-corrected chi connectivity index (χ0v) is 14.6. The quantitative estimate of drug-likeness (QED) is 0.862. The number of aryl methyl sites for hydroxylation is 2. The number of rotatable bonds is 6. The summed E-state index contributed by atoms with van der Waals surface area (Å²) in [7, 11) is 2.07. The highest BCUT2D eigenvalue weighted by Gasteiger charge is 2.31. The van der Waals surface area contributed by atoms with Crippen LogP contribution in [0.2, 0.25) is 0 Å². The Morgan fingerprint density at radius 1 is 1.38 bits per heavy atom. The second kappa shape index (κ2) is 6.95. The van der Waals surface area contributed by atoms with Crippen LogP contribution in [0.4, 0.5) is 0 Å². The van der Waals surface area contributed by atoms with Gasteiger partial charge >= 0.3 is 0 Å². The van der Waals surface area contributed by atoms with E-state index in [2.05, 4.69) is 55.9 Å². The molecular formula is C18H33N3. The van der Waals surface area contributed by atoms with E-state index in [1.807, 2.05) is 0 Å². The van der Waals surface area contributed by atoms with Crippen LogP contribution >= 0.6 is 0 Å². The first-order chi connectivity index (χ1) is 9.91. The molecule has 0 bridgehead atoms. The van der Waals surface area contributed by atoms with Crippen LogP contribution in [0, 0.1) is 18.3 Å². The van der Waals surface area contributed by atoms with Crippen LogP contribution in [0.3, 0.4) is 0 Å². The summed E-state index contributed by atoms with van der Waals surface area (Å²) in [6.45, 7) is 10.3. The van der Waals surface area contributed by atoms with E-state index in [4.69, 9.17) is 0 Å². The van der Waals surface area contributed by atoms with Gasteiger partial charge in [-0.25, -0.2) is 0 Å². The molecule has 1 fully saturated rings. The van der Waals surface area contributed by atoms with Gasteiger partial charge in [0, 0.05) is 25.2 Å². The molecular weight excluding hydrogens is 258 g/mol. The van der Waals surface area contributed by atoms with Crippen molar-refractivity contribution >= 4 is 0 Å². The van der Waals surface area contributed by atoms with Crippen molar-refractivity contribution in [1.82, 2.24) is 15.1 Å². The first-order valence-electron chi connectivity index (χ1n) is 8.64. The summed E-state index contributed by atoms with van der Waals surface area (Å²) in [6, 6.07) is 2.85. The van der Waals surface area contributed by atoms with Crippen LogP contribution in [-0.4, -0.2) is 22.4 Å². The fourth-order valence-corrected chi connectivity index (χ4v) is 3.64. The van der Waals surface area contributed by atoms with Crippen molar-refractivity contribution in [2.24, 2.45) is 18.4 Å². The summed E-state index contributed by atoms with van der Waals surface area (Å²) < 4.78 is 2.06. The molecule has 21 heavy (non-hydrogen) atoms. The van der Waals surface area contributed by atoms with E-state index in [0.29, 0.717) is 11.5 Å². The molecule has 2 rings (SSSR count). The van der Waals surface area contributed by atoms with Crippen LogP contribution in [0.25, 0.3) is 0 Å². The maximum absolute atomic E-state index is 4.50. The van der Waals surface area contributed by atoms with Crippen molar-refractivity contribution in [2.75, 3.05) is 6.54 Å². The lowest BCUT2D eigenvalue weighted by atomic mass is 9.70. The fraction of sp³-hybridized carbons (Fsp3) is 0.833. The van der Waals surface area contributed by atoms with Crippen LogP contribution in [0.15, 0.2) is 6.07 Å². The maximum Gasteiger partial charge on any atom is 0.0596 e. The van der Waals surface area contributed by atoms with Gasteiger partial charge in [0.25, 0.3) is 0 Å². The van der Waals surface area contributed by atoms with Gasteiger partial charge in [0.05, 0.1) is 5.69 Å². The molecule has 0 aromatic carbocycles. The van der Waals surface area contributed by atoms with Crippen LogP contribution in [0.1, 0.15) is 64.3 Å². The summed E-state index contributed by atoms with van der Waals surface area (Å²) in [4.78, 5) is 0. The summed E-state index contributed by atoms with van der Waals surface area (Å²) >= 11 is 0. The number of nitrogens with one attached hydrogen (secondary N) is 1. The van der Waals surface area contributed by atoms with E-state index in [0.717, 1.165) is 24.6 Å². The van der Waals surface area contributed by atoms with Crippen LogP contribution in [0.5, 0.6) is 0 Å². The lowest BCUT2D eigenvalue weighted by molar-refractivity contribution is 0.160. The first kappa shape index (κ1) is 16.5. The third-order valence-corrected chi connectivity index (χ3v) is 5.14. The molecule has 1 aliphatic rings. The molecule has 3 heteroatoms. The third-order valence-electron chi connectivity index (χ3n) is 5.14. The molecule has 1 unspecified atom stereocenters. The number of nitrogens with zero attached hydrogens (tertiary/aromatic N) is 2. The molecule has 1 atom stereocenters.